The van der Waals surface area contributed by atoms with E-state index in [2.05, 4.69) is 37.0 Å². The molecule has 0 aromatic heterocycles. The summed E-state index contributed by atoms with van der Waals surface area (Å²) < 4.78 is 14.5. The van der Waals surface area contributed by atoms with Crippen molar-refractivity contribution >= 4 is 41.1 Å². The molecular formula is C22H32Cl2N2O3S. The van der Waals surface area contributed by atoms with Crippen molar-refractivity contribution in [2.75, 3.05) is 33.4 Å². The molecule has 0 amide bonds. The summed E-state index contributed by atoms with van der Waals surface area (Å²) in [6, 6.07) is 3.72. The van der Waals surface area contributed by atoms with Crippen LogP contribution in [0.1, 0.15) is 45.2 Å². The first-order valence-electron chi connectivity index (χ1n) is 10.1. The number of hydrogen-bond donors (Lipinski definition) is 1. The molecule has 1 aromatic rings. The molecule has 1 heterocycles. The van der Waals surface area contributed by atoms with Crippen LogP contribution in [-0.2, 0) is 9.53 Å². The van der Waals surface area contributed by atoms with Gasteiger partial charge in [-0.3, -0.25) is 14.4 Å². The Kier molecular flexibility index (Phi) is 9.82. The smallest absolute Gasteiger partial charge is 0.319 e. The standard InChI is InChI=1S/C22H32Cl2N2O3S/c1-6-11-29-19-13-18(24)17(23)12-16(19)21(25-30-22(2,3)4)15-7-9-26(10-8-15)14-20(27)28-5/h6,12-13,15,21,25H,1,7-11,14H2,2-5H3. The van der Waals surface area contributed by atoms with Crippen molar-refractivity contribution < 1.29 is 14.3 Å². The third-order valence-corrected chi connectivity index (χ3v) is 6.63. The highest BCUT2D eigenvalue weighted by molar-refractivity contribution is 7.98. The first kappa shape index (κ1) is 25.3. The Balaban J connectivity index is 2.27. The number of esters is 1. The SMILES string of the molecule is C=CCOc1cc(Cl)c(Cl)cc1C(NSC(C)(C)C)C1CCN(CC(=O)OC)CC1. The van der Waals surface area contributed by atoms with Crippen molar-refractivity contribution in [3.8, 4) is 5.75 Å². The number of piperidine rings is 1. The lowest BCUT2D eigenvalue weighted by molar-refractivity contribution is -0.142. The first-order chi connectivity index (χ1) is 14.1. The molecular weight excluding hydrogens is 443 g/mol. The van der Waals surface area contributed by atoms with Crippen molar-refractivity contribution in [3.05, 3.63) is 40.4 Å². The fourth-order valence-corrected chi connectivity index (χ4v) is 4.53. The van der Waals surface area contributed by atoms with Gasteiger partial charge in [0.2, 0.25) is 0 Å². The molecule has 5 nitrogen and oxygen atoms in total. The number of nitrogens with zero attached hydrogens (tertiary/aromatic N) is 1. The second-order valence-corrected chi connectivity index (χ2v) is 10.9. The highest BCUT2D eigenvalue weighted by Crippen LogP contribution is 2.41. The van der Waals surface area contributed by atoms with E-state index in [0.717, 1.165) is 31.5 Å². The third-order valence-electron chi connectivity index (χ3n) is 4.92. The van der Waals surface area contributed by atoms with Crippen molar-refractivity contribution in [1.29, 1.82) is 0 Å². The van der Waals surface area contributed by atoms with E-state index >= 15 is 0 Å². The predicted octanol–water partition coefficient (Wildman–Crippen LogP) is 5.52. The molecule has 0 spiro atoms. The summed E-state index contributed by atoms with van der Waals surface area (Å²) in [4.78, 5) is 13.8. The average Bonchev–Trinajstić information content (AvgIpc) is 2.69. The molecule has 0 radical (unpaired) electrons. The Morgan fingerprint density at radius 3 is 2.53 bits per heavy atom. The molecule has 2 rings (SSSR count). The minimum Gasteiger partial charge on any atom is -0.489 e. The summed E-state index contributed by atoms with van der Waals surface area (Å²) >= 11 is 14.4. The fraction of sp³-hybridized carbons (Fsp3) is 0.591. The van der Waals surface area contributed by atoms with Gasteiger partial charge in [-0.05, 0) is 58.7 Å². The molecule has 1 atom stereocenters. The molecule has 8 heteroatoms. The number of carbonyl (C=O) groups is 1. The Morgan fingerprint density at radius 1 is 1.33 bits per heavy atom. The minimum atomic E-state index is -0.198. The number of halogens is 2. The van der Waals surface area contributed by atoms with Crippen LogP contribution in [-0.4, -0.2) is 49.0 Å². The molecule has 1 aromatic carbocycles. The van der Waals surface area contributed by atoms with E-state index in [1.165, 1.54) is 7.11 Å². The van der Waals surface area contributed by atoms with Crippen LogP contribution in [0.15, 0.2) is 24.8 Å². The molecule has 1 aliphatic rings. The highest BCUT2D eigenvalue weighted by atomic mass is 35.5. The Bertz CT molecular complexity index is 732. The van der Waals surface area contributed by atoms with Gasteiger partial charge in [0.1, 0.15) is 12.4 Å². The topological polar surface area (TPSA) is 50.8 Å². The first-order valence-corrected chi connectivity index (χ1v) is 11.7. The lowest BCUT2D eigenvalue weighted by Crippen LogP contribution is -2.41. The fourth-order valence-electron chi connectivity index (χ4n) is 3.41. The van der Waals surface area contributed by atoms with Gasteiger partial charge in [-0.25, -0.2) is 0 Å². The maximum atomic E-state index is 11.6. The van der Waals surface area contributed by atoms with Crippen LogP contribution < -0.4 is 9.46 Å². The second-order valence-electron chi connectivity index (χ2n) is 8.40. The Labute approximate surface area is 194 Å². The molecule has 1 saturated heterocycles. The van der Waals surface area contributed by atoms with Crippen LogP contribution >= 0.6 is 35.1 Å². The highest BCUT2D eigenvalue weighted by Gasteiger charge is 2.32. The zero-order chi connectivity index (χ0) is 22.3. The zero-order valence-corrected chi connectivity index (χ0v) is 20.5. The molecule has 168 valence electrons. The molecule has 0 saturated carbocycles. The maximum absolute atomic E-state index is 11.6. The van der Waals surface area contributed by atoms with Gasteiger partial charge in [-0.1, -0.05) is 47.8 Å². The summed E-state index contributed by atoms with van der Waals surface area (Å²) in [7, 11) is 1.42. The van der Waals surface area contributed by atoms with Gasteiger partial charge in [0.25, 0.3) is 0 Å². The van der Waals surface area contributed by atoms with E-state index in [1.807, 2.05) is 6.07 Å². The van der Waals surface area contributed by atoms with Crippen molar-refractivity contribution in [2.45, 2.75) is 44.4 Å². The average molecular weight is 475 g/mol. The van der Waals surface area contributed by atoms with E-state index in [0.29, 0.717) is 34.9 Å². The number of ether oxygens (including phenoxy) is 2. The minimum absolute atomic E-state index is 0.0316. The molecule has 1 unspecified atom stereocenters. The molecule has 0 bridgehead atoms. The summed E-state index contributed by atoms with van der Waals surface area (Å²) in [6.07, 6.45) is 3.60. The van der Waals surface area contributed by atoms with Gasteiger partial charge in [0.05, 0.1) is 23.7 Å². The lowest BCUT2D eigenvalue weighted by Gasteiger charge is -2.37. The number of hydrogen-bond acceptors (Lipinski definition) is 6. The summed E-state index contributed by atoms with van der Waals surface area (Å²) in [6.45, 7) is 12.6. The van der Waals surface area contributed by atoms with E-state index < -0.39 is 0 Å². The quantitative estimate of drug-likeness (QED) is 0.288. The molecule has 30 heavy (non-hydrogen) atoms. The maximum Gasteiger partial charge on any atom is 0.319 e. The van der Waals surface area contributed by atoms with E-state index in [4.69, 9.17) is 32.7 Å². The van der Waals surface area contributed by atoms with Gasteiger partial charge in [0.15, 0.2) is 0 Å². The van der Waals surface area contributed by atoms with Crippen LogP contribution in [0, 0.1) is 5.92 Å². The zero-order valence-electron chi connectivity index (χ0n) is 18.2. The van der Waals surface area contributed by atoms with Gasteiger partial charge >= 0.3 is 5.97 Å². The van der Waals surface area contributed by atoms with Gasteiger partial charge in [-0.15, -0.1) is 0 Å². The number of carbonyl (C=O) groups excluding carboxylic acids is 1. The molecule has 1 aliphatic heterocycles. The van der Waals surface area contributed by atoms with E-state index in [9.17, 15) is 4.79 Å². The van der Waals surface area contributed by atoms with Gasteiger partial charge < -0.3 is 9.47 Å². The Morgan fingerprint density at radius 2 is 1.97 bits per heavy atom. The summed E-state index contributed by atoms with van der Waals surface area (Å²) in [5.74, 6) is 0.876. The largest absolute Gasteiger partial charge is 0.489 e. The number of rotatable bonds is 9. The van der Waals surface area contributed by atoms with E-state index in [1.54, 1.807) is 24.1 Å². The molecule has 0 aliphatic carbocycles. The molecule has 1 fully saturated rings. The van der Waals surface area contributed by atoms with Crippen LogP contribution in [0.2, 0.25) is 10.0 Å². The van der Waals surface area contributed by atoms with Crippen LogP contribution in [0.4, 0.5) is 0 Å². The number of likely N-dealkylation sites (tertiary alicyclic amines) is 1. The van der Waals surface area contributed by atoms with Gasteiger partial charge in [-0.2, -0.15) is 0 Å². The predicted molar refractivity (Wildman–Crippen MR) is 127 cm³/mol. The van der Waals surface area contributed by atoms with Crippen molar-refractivity contribution in [1.82, 2.24) is 9.62 Å². The van der Waals surface area contributed by atoms with Crippen molar-refractivity contribution in [2.24, 2.45) is 5.92 Å². The van der Waals surface area contributed by atoms with Crippen LogP contribution in [0.25, 0.3) is 0 Å². The van der Waals surface area contributed by atoms with Gasteiger partial charge in [0, 0.05) is 22.4 Å². The molecule has 1 N–H and O–H groups in total. The summed E-state index contributed by atoms with van der Waals surface area (Å²) in [5.41, 5.74) is 0.995. The number of nitrogens with one attached hydrogen (secondary N) is 1. The number of methoxy groups -OCH3 is 1. The lowest BCUT2D eigenvalue weighted by atomic mass is 9.85. The van der Waals surface area contributed by atoms with Crippen molar-refractivity contribution in [3.63, 3.8) is 0 Å². The third kappa shape index (κ3) is 7.65. The number of benzene rings is 1. The Hall–Kier alpha value is -0.920. The second kappa shape index (κ2) is 11.6. The summed E-state index contributed by atoms with van der Waals surface area (Å²) in [5, 5.41) is 0.975. The van der Waals surface area contributed by atoms with Crippen LogP contribution in [0.5, 0.6) is 5.75 Å². The van der Waals surface area contributed by atoms with E-state index in [-0.39, 0.29) is 16.8 Å². The normalized spacial score (nSPS) is 16.9. The van der Waals surface area contributed by atoms with Crippen LogP contribution in [0.3, 0.4) is 0 Å². The monoisotopic (exact) mass is 474 g/mol.